The lowest BCUT2D eigenvalue weighted by Gasteiger charge is -2.06. The van der Waals surface area contributed by atoms with Gasteiger partial charge >= 0.3 is 0 Å². The van der Waals surface area contributed by atoms with Crippen LogP contribution in [0.4, 0.5) is 5.13 Å². The second-order valence-corrected chi connectivity index (χ2v) is 8.11. The smallest absolute Gasteiger partial charge is 0.296 e. The van der Waals surface area contributed by atoms with Crippen LogP contribution in [0.15, 0.2) is 45.3 Å². The van der Waals surface area contributed by atoms with Crippen molar-refractivity contribution in [3.63, 3.8) is 0 Å². The summed E-state index contributed by atoms with van der Waals surface area (Å²) in [5, 5.41) is 25.5. The number of nitrogens with zero attached hydrogens (tertiary/aromatic N) is 3. The number of carbonyl (C=O) groups is 1. The molecule has 1 amide bonds. The van der Waals surface area contributed by atoms with Gasteiger partial charge in [0, 0.05) is 0 Å². The molecule has 0 aliphatic heterocycles. The highest BCUT2D eigenvalue weighted by atomic mass is 32.2. The van der Waals surface area contributed by atoms with Gasteiger partial charge < -0.3 is 14.4 Å². The summed E-state index contributed by atoms with van der Waals surface area (Å²) >= 11 is 2.74. The predicted octanol–water partition coefficient (Wildman–Crippen LogP) is 3.96. The molecule has 2 heterocycles. The highest BCUT2D eigenvalue weighted by Gasteiger charge is 2.19. The molecule has 148 valence electrons. The van der Waals surface area contributed by atoms with Crippen molar-refractivity contribution in [1.29, 1.82) is 0 Å². The number of aromatic hydroxyl groups is 1. The third-order valence-electron chi connectivity index (χ3n) is 4.20. The molecule has 4 aromatic rings. The first-order valence-electron chi connectivity index (χ1n) is 8.50. The van der Waals surface area contributed by atoms with Crippen molar-refractivity contribution < 1.29 is 19.2 Å². The van der Waals surface area contributed by atoms with Gasteiger partial charge in [0.15, 0.2) is 15.8 Å². The molecule has 0 atom stereocenters. The Labute approximate surface area is 173 Å². The van der Waals surface area contributed by atoms with Crippen molar-refractivity contribution >= 4 is 45.0 Å². The summed E-state index contributed by atoms with van der Waals surface area (Å²) in [6.45, 7) is 0. The van der Waals surface area contributed by atoms with E-state index in [1.807, 2.05) is 24.5 Å². The van der Waals surface area contributed by atoms with E-state index in [-0.39, 0.29) is 11.5 Å². The number of fused-ring (bicyclic) bond motifs is 1. The van der Waals surface area contributed by atoms with Crippen molar-refractivity contribution in [1.82, 2.24) is 15.4 Å². The van der Waals surface area contributed by atoms with Gasteiger partial charge in [-0.25, -0.2) is 0 Å². The number of methoxy groups -OCH3 is 1. The Hall–Kier alpha value is -3.11. The minimum atomic E-state index is -0.435. The summed E-state index contributed by atoms with van der Waals surface area (Å²) in [7, 11) is 1.50. The van der Waals surface area contributed by atoms with Crippen molar-refractivity contribution in [2.24, 2.45) is 0 Å². The number of thioether (sulfide) groups is 1. The molecule has 2 aromatic heterocycles. The average molecular weight is 428 g/mol. The zero-order valence-electron chi connectivity index (χ0n) is 15.5. The SMILES string of the molecule is COc1ccc(Cc2ccc3noc(C(=O)Nc4nnc(SC)s4)c3c2)cc1O. The van der Waals surface area contributed by atoms with E-state index in [4.69, 9.17) is 9.26 Å². The van der Waals surface area contributed by atoms with E-state index in [0.29, 0.717) is 28.2 Å². The second-order valence-electron chi connectivity index (χ2n) is 6.08. The Morgan fingerprint density at radius 1 is 1.24 bits per heavy atom. The summed E-state index contributed by atoms with van der Waals surface area (Å²) in [4.78, 5) is 12.6. The van der Waals surface area contributed by atoms with Gasteiger partial charge in [-0.1, -0.05) is 40.4 Å². The van der Waals surface area contributed by atoms with Crippen LogP contribution in [-0.4, -0.2) is 39.7 Å². The molecule has 10 heteroatoms. The van der Waals surface area contributed by atoms with E-state index in [9.17, 15) is 9.90 Å². The zero-order valence-corrected chi connectivity index (χ0v) is 17.1. The summed E-state index contributed by atoms with van der Waals surface area (Å²) in [5.41, 5.74) is 2.43. The summed E-state index contributed by atoms with van der Waals surface area (Å²) in [6.07, 6.45) is 2.45. The Kier molecular flexibility index (Phi) is 5.36. The van der Waals surface area contributed by atoms with Gasteiger partial charge in [-0.15, -0.1) is 10.2 Å². The number of rotatable bonds is 6. The maximum atomic E-state index is 12.6. The molecule has 0 saturated heterocycles. The number of hydrogen-bond acceptors (Lipinski definition) is 9. The quantitative estimate of drug-likeness (QED) is 0.351. The van der Waals surface area contributed by atoms with Gasteiger partial charge in [-0.3, -0.25) is 10.1 Å². The molecule has 2 N–H and O–H groups in total. The van der Waals surface area contributed by atoms with E-state index in [1.165, 1.54) is 30.2 Å². The van der Waals surface area contributed by atoms with Crippen LogP contribution < -0.4 is 10.1 Å². The zero-order chi connectivity index (χ0) is 20.4. The molecular weight excluding hydrogens is 412 g/mol. The van der Waals surface area contributed by atoms with Crippen molar-refractivity contribution in [2.75, 3.05) is 18.7 Å². The first-order valence-corrected chi connectivity index (χ1v) is 10.5. The Morgan fingerprint density at radius 2 is 2.03 bits per heavy atom. The van der Waals surface area contributed by atoms with Crippen LogP contribution in [0, 0.1) is 0 Å². The number of carbonyl (C=O) groups excluding carboxylic acids is 1. The van der Waals surface area contributed by atoms with Gasteiger partial charge in [0.05, 0.1) is 12.5 Å². The molecular formula is C19H16N4O4S2. The van der Waals surface area contributed by atoms with Gasteiger partial charge in [0.2, 0.25) is 10.9 Å². The lowest BCUT2D eigenvalue weighted by molar-refractivity contribution is 0.0990. The van der Waals surface area contributed by atoms with Gasteiger partial charge in [-0.05, 0) is 48.1 Å². The third-order valence-corrected chi connectivity index (χ3v) is 6.01. The maximum absolute atomic E-state index is 12.6. The standard InChI is InChI=1S/C19H16N4O4S2/c1-26-15-6-4-11(9-14(15)24)7-10-3-5-13-12(8-10)16(27-23-13)17(25)20-18-21-22-19(28-2)29-18/h3-6,8-9,24H,7H2,1-2H3,(H,20,21,25). The monoisotopic (exact) mass is 428 g/mol. The lowest BCUT2D eigenvalue weighted by atomic mass is 10.0. The van der Waals surface area contributed by atoms with Gasteiger partial charge in [-0.2, -0.15) is 0 Å². The highest BCUT2D eigenvalue weighted by Crippen LogP contribution is 2.29. The molecule has 0 bridgehead atoms. The number of phenols is 1. The number of amides is 1. The van der Waals surface area contributed by atoms with Crippen LogP contribution in [-0.2, 0) is 6.42 Å². The summed E-state index contributed by atoms with van der Waals surface area (Å²) < 4.78 is 11.1. The molecule has 0 aliphatic carbocycles. The fourth-order valence-electron chi connectivity index (χ4n) is 2.84. The molecule has 0 saturated carbocycles. The molecule has 2 aromatic carbocycles. The van der Waals surface area contributed by atoms with Gasteiger partial charge in [0.1, 0.15) is 5.52 Å². The topological polar surface area (TPSA) is 110 Å². The number of hydrogen-bond donors (Lipinski definition) is 2. The molecule has 0 spiro atoms. The van der Waals surface area contributed by atoms with Crippen LogP contribution in [0.2, 0.25) is 0 Å². The number of aromatic nitrogens is 3. The third kappa shape index (κ3) is 4.03. The Morgan fingerprint density at radius 3 is 2.76 bits per heavy atom. The molecule has 29 heavy (non-hydrogen) atoms. The fourth-order valence-corrected chi connectivity index (χ4v) is 4.01. The van der Waals surface area contributed by atoms with E-state index >= 15 is 0 Å². The normalized spacial score (nSPS) is 11.0. The second kappa shape index (κ2) is 8.10. The number of phenolic OH excluding ortho intramolecular Hbond substituents is 1. The first-order chi connectivity index (χ1) is 14.1. The number of anilines is 1. The van der Waals surface area contributed by atoms with E-state index in [2.05, 4.69) is 20.7 Å². The van der Waals surface area contributed by atoms with E-state index < -0.39 is 5.91 Å². The van der Waals surface area contributed by atoms with Gasteiger partial charge in [0.25, 0.3) is 5.91 Å². The largest absolute Gasteiger partial charge is 0.504 e. The minimum Gasteiger partial charge on any atom is -0.504 e. The average Bonchev–Trinajstić information content (AvgIpc) is 3.34. The van der Waals surface area contributed by atoms with Crippen LogP contribution >= 0.6 is 23.1 Å². The molecule has 0 aliphatic rings. The first kappa shape index (κ1) is 19.2. The Balaban J connectivity index is 1.58. The predicted molar refractivity (Wildman–Crippen MR) is 111 cm³/mol. The van der Waals surface area contributed by atoms with Crippen molar-refractivity contribution in [3.8, 4) is 11.5 Å². The van der Waals surface area contributed by atoms with Crippen LogP contribution in [0.5, 0.6) is 11.5 Å². The highest BCUT2D eigenvalue weighted by molar-refractivity contribution is 8.00. The van der Waals surface area contributed by atoms with Crippen LogP contribution in [0.1, 0.15) is 21.7 Å². The molecule has 4 rings (SSSR count). The van der Waals surface area contributed by atoms with Crippen LogP contribution in [0.3, 0.4) is 0 Å². The van der Waals surface area contributed by atoms with Crippen molar-refractivity contribution in [3.05, 3.63) is 53.3 Å². The number of nitrogens with one attached hydrogen (secondary N) is 1. The lowest BCUT2D eigenvalue weighted by Crippen LogP contribution is -2.11. The minimum absolute atomic E-state index is 0.0813. The van der Waals surface area contributed by atoms with E-state index in [0.717, 1.165) is 15.5 Å². The molecule has 0 radical (unpaired) electrons. The van der Waals surface area contributed by atoms with Crippen LogP contribution in [0.25, 0.3) is 10.9 Å². The van der Waals surface area contributed by atoms with E-state index in [1.54, 1.807) is 18.2 Å². The molecule has 0 unspecified atom stereocenters. The Bertz CT molecular complexity index is 1190. The summed E-state index contributed by atoms with van der Waals surface area (Å²) in [6, 6.07) is 10.8. The molecule has 0 fully saturated rings. The van der Waals surface area contributed by atoms with Crippen molar-refractivity contribution in [2.45, 2.75) is 10.8 Å². The number of benzene rings is 2. The summed E-state index contributed by atoms with van der Waals surface area (Å²) in [5.74, 6) is 0.178. The fraction of sp³-hybridized carbons (Fsp3) is 0.158. The number of ether oxygens (including phenoxy) is 1. The molecule has 8 nitrogen and oxygen atoms in total. The maximum Gasteiger partial charge on any atom is 0.296 e.